The molecule has 1 saturated heterocycles. The van der Waals surface area contributed by atoms with E-state index in [0.717, 1.165) is 25.3 Å². The van der Waals surface area contributed by atoms with E-state index in [9.17, 15) is 0 Å². The molecule has 1 aliphatic rings. The van der Waals surface area contributed by atoms with Crippen molar-refractivity contribution in [3.05, 3.63) is 29.8 Å². The average Bonchev–Trinajstić information content (AvgIpc) is 2.49. The number of likely N-dealkylation sites (tertiary alicyclic amines) is 1. The van der Waals surface area contributed by atoms with Crippen LogP contribution in [0.5, 0.6) is 5.75 Å². The highest BCUT2D eigenvalue weighted by Gasteiger charge is 2.32. The molecule has 4 unspecified atom stereocenters. The molecule has 0 aliphatic carbocycles. The average molecular weight is 292 g/mol. The summed E-state index contributed by atoms with van der Waals surface area (Å²) in [6.45, 7) is 6.35. The molecule has 21 heavy (non-hydrogen) atoms. The minimum Gasteiger partial charge on any atom is -0.497 e. The van der Waals surface area contributed by atoms with E-state index >= 15 is 0 Å². The van der Waals surface area contributed by atoms with Crippen molar-refractivity contribution in [1.82, 2.24) is 4.90 Å². The predicted molar refractivity (Wildman–Crippen MR) is 85.5 cm³/mol. The van der Waals surface area contributed by atoms with Crippen molar-refractivity contribution in [3.63, 3.8) is 0 Å². The Balaban J connectivity index is 2.18. The molecule has 4 nitrogen and oxygen atoms in total. The molecule has 1 aromatic rings. The lowest BCUT2D eigenvalue weighted by molar-refractivity contribution is -0.0224. The largest absolute Gasteiger partial charge is 0.497 e. The fourth-order valence-corrected chi connectivity index (χ4v) is 3.27. The van der Waals surface area contributed by atoms with Gasteiger partial charge in [-0.25, -0.2) is 0 Å². The van der Waals surface area contributed by atoms with Gasteiger partial charge in [-0.15, -0.1) is 0 Å². The molecular weight excluding hydrogens is 264 g/mol. The zero-order valence-corrected chi connectivity index (χ0v) is 13.6. The Morgan fingerprint density at radius 2 is 1.90 bits per heavy atom. The van der Waals surface area contributed by atoms with Gasteiger partial charge in [0.25, 0.3) is 0 Å². The van der Waals surface area contributed by atoms with Crippen molar-refractivity contribution in [2.75, 3.05) is 27.3 Å². The summed E-state index contributed by atoms with van der Waals surface area (Å²) in [5.41, 5.74) is 7.52. The van der Waals surface area contributed by atoms with Gasteiger partial charge in [-0.2, -0.15) is 0 Å². The molecule has 0 amide bonds. The maximum absolute atomic E-state index is 6.28. The Labute approximate surface area is 128 Å². The maximum Gasteiger partial charge on any atom is 0.118 e. The highest BCUT2D eigenvalue weighted by molar-refractivity contribution is 5.30. The van der Waals surface area contributed by atoms with Crippen molar-refractivity contribution >= 4 is 0 Å². The van der Waals surface area contributed by atoms with Crippen LogP contribution in [0.3, 0.4) is 0 Å². The van der Waals surface area contributed by atoms with Crippen molar-refractivity contribution in [2.24, 2.45) is 11.7 Å². The van der Waals surface area contributed by atoms with E-state index in [1.807, 2.05) is 12.1 Å². The molecule has 4 atom stereocenters. The Bertz CT molecular complexity index is 433. The van der Waals surface area contributed by atoms with Gasteiger partial charge in [0, 0.05) is 25.7 Å². The van der Waals surface area contributed by atoms with Gasteiger partial charge in [-0.3, -0.25) is 4.90 Å². The molecule has 2 rings (SSSR count). The van der Waals surface area contributed by atoms with Gasteiger partial charge in [0.15, 0.2) is 0 Å². The second-order valence-corrected chi connectivity index (χ2v) is 6.11. The van der Waals surface area contributed by atoms with Gasteiger partial charge in [-0.1, -0.05) is 19.1 Å². The Morgan fingerprint density at radius 1 is 1.24 bits per heavy atom. The van der Waals surface area contributed by atoms with E-state index in [0.29, 0.717) is 12.0 Å². The summed E-state index contributed by atoms with van der Waals surface area (Å²) in [4.78, 5) is 2.46. The molecule has 1 fully saturated rings. The maximum atomic E-state index is 6.28. The van der Waals surface area contributed by atoms with Gasteiger partial charge >= 0.3 is 0 Å². The van der Waals surface area contributed by atoms with Crippen LogP contribution < -0.4 is 10.5 Å². The van der Waals surface area contributed by atoms with Gasteiger partial charge in [0.1, 0.15) is 5.75 Å². The minimum absolute atomic E-state index is 0.0734. The SMILES string of the molecule is COc1ccc(C(C(C)N)N2CCC(C)C(OC)C2)cc1. The van der Waals surface area contributed by atoms with E-state index in [-0.39, 0.29) is 12.1 Å². The molecule has 118 valence electrons. The molecule has 2 N–H and O–H groups in total. The highest BCUT2D eigenvalue weighted by Crippen LogP contribution is 2.30. The Kier molecular flexibility index (Phi) is 5.62. The number of piperidine rings is 1. The van der Waals surface area contributed by atoms with E-state index in [1.54, 1.807) is 14.2 Å². The van der Waals surface area contributed by atoms with Crippen LogP contribution >= 0.6 is 0 Å². The molecule has 1 aromatic carbocycles. The van der Waals surface area contributed by atoms with E-state index in [2.05, 4.69) is 30.9 Å². The molecule has 0 saturated carbocycles. The van der Waals surface area contributed by atoms with Crippen molar-refractivity contribution < 1.29 is 9.47 Å². The fraction of sp³-hybridized carbons (Fsp3) is 0.647. The van der Waals surface area contributed by atoms with Crippen LogP contribution in [0.25, 0.3) is 0 Å². The molecule has 0 radical (unpaired) electrons. The number of benzene rings is 1. The number of hydrogen-bond acceptors (Lipinski definition) is 4. The van der Waals surface area contributed by atoms with Crippen molar-refractivity contribution in [3.8, 4) is 5.75 Å². The highest BCUT2D eigenvalue weighted by atomic mass is 16.5. The Hall–Kier alpha value is -1.10. The lowest BCUT2D eigenvalue weighted by Crippen LogP contribution is -2.49. The van der Waals surface area contributed by atoms with E-state index in [1.165, 1.54) is 5.56 Å². The number of hydrogen-bond donors (Lipinski definition) is 1. The summed E-state index contributed by atoms with van der Waals surface area (Å²) < 4.78 is 10.9. The zero-order valence-electron chi connectivity index (χ0n) is 13.6. The van der Waals surface area contributed by atoms with Gasteiger partial charge in [0.2, 0.25) is 0 Å². The van der Waals surface area contributed by atoms with Crippen LogP contribution in [0.15, 0.2) is 24.3 Å². The predicted octanol–water partition coefficient (Wildman–Crippen LogP) is 2.44. The first-order valence-electron chi connectivity index (χ1n) is 7.73. The van der Waals surface area contributed by atoms with Crippen LogP contribution in [0.2, 0.25) is 0 Å². The summed E-state index contributed by atoms with van der Waals surface area (Å²) in [5.74, 6) is 1.49. The van der Waals surface area contributed by atoms with Crippen LogP contribution in [-0.2, 0) is 4.74 Å². The summed E-state index contributed by atoms with van der Waals surface area (Å²) in [5, 5.41) is 0. The van der Waals surface area contributed by atoms with E-state index < -0.39 is 0 Å². The summed E-state index contributed by atoms with van der Waals surface area (Å²) in [6.07, 6.45) is 1.44. The standard InChI is InChI=1S/C17H28N2O2/c1-12-9-10-19(11-16(12)21-4)17(13(2)18)14-5-7-15(20-3)8-6-14/h5-8,12-13,16-17H,9-11,18H2,1-4H3. The quantitative estimate of drug-likeness (QED) is 0.905. The summed E-state index contributed by atoms with van der Waals surface area (Å²) >= 11 is 0. The second kappa shape index (κ2) is 7.25. The number of methoxy groups -OCH3 is 2. The molecule has 4 heteroatoms. The number of nitrogens with two attached hydrogens (primary N) is 1. The third-order valence-electron chi connectivity index (χ3n) is 4.57. The second-order valence-electron chi connectivity index (χ2n) is 6.11. The first-order valence-corrected chi connectivity index (χ1v) is 7.73. The van der Waals surface area contributed by atoms with Crippen LogP contribution in [-0.4, -0.2) is 44.4 Å². The lowest BCUT2D eigenvalue weighted by atomic mass is 9.91. The Morgan fingerprint density at radius 3 is 2.43 bits per heavy atom. The fourth-order valence-electron chi connectivity index (χ4n) is 3.27. The smallest absolute Gasteiger partial charge is 0.118 e. The van der Waals surface area contributed by atoms with Gasteiger partial charge < -0.3 is 15.2 Å². The summed E-state index contributed by atoms with van der Waals surface area (Å²) in [6, 6.07) is 8.54. The molecule has 0 spiro atoms. The van der Waals surface area contributed by atoms with Crippen molar-refractivity contribution in [1.29, 1.82) is 0 Å². The molecule has 0 aromatic heterocycles. The first kappa shape index (κ1) is 16.3. The normalized spacial score (nSPS) is 26.3. The minimum atomic E-state index is 0.0734. The van der Waals surface area contributed by atoms with Gasteiger partial charge in [-0.05, 0) is 43.5 Å². The first-order chi connectivity index (χ1) is 10.1. The lowest BCUT2D eigenvalue weighted by Gasteiger charge is -2.42. The molecule has 0 bridgehead atoms. The van der Waals surface area contributed by atoms with Gasteiger partial charge in [0.05, 0.1) is 13.2 Å². The van der Waals surface area contributed by atoms with Crippen LogP contribution in [0, 0.1) is 5.92 Å². The topological polar surface area (TPSA) is 47.7 Å². The monoisotopic (exact) mass is 292 g/mol. The molecule has 1 aliphatic heterocycles. The van der Waals surface area contributed by atoms with Crippen molar-refractivity contribution in [2.45, 2.75) is 38.5 Å². The van der Waals surface area contributed by atoms with E-state index in [4.69, 9.17) is 15.2 Å². The summed E-state index contributed by atoms with van der Waals surface area (Å²) in [7, 11) is 3.49. The third-order valence-corrected chi connectivity index (χ3v) is 4.57. The van der Waals surface area contributed by atoms with Crippen LogP contribution in [0.4, 0.5) is 0 Å². The number of ether oxygens (including phenoxy) is 2. The zero-order chi connectivity index (χ0) is 15.4. The number of rotatable bonds is 5. The van der Waals surface area contributed by atoms with Crippen LogP contribution in [0.1, 0.15) is 31.9 Å². The third kappa shape index (κ3) is 3.76. The number of nitrogens with zero attached hydrogens (tertiary/aromatic N) is 1. The molecular formula is C17H28N2O2. The molecule has 1 heterocycles.